The number of nitrogens with two attached hydrogens (primary N) is 1. The molecule has 0 bridgehead atoms. The lowest BCUT2D eigenvalue weighted by atomic mass is 9.93. The van der Waals surface area contributed by atoms with Gasteiger partial charge in [0, 0.05) is 29.9 Å². The molecule has 1 atom stereocenters. The Morgan fingerprint density at radius 1 is 1.17 bits per heavy atom. The molecule has 0 spiro atoms. The van der Waals surface area contributed by atoms with Crippen LogP contribution in [0, 0.1) is 5.92 Å². The fourth-order valence-corrected chi connectivity index (χ4v) is 4.49. The lowest BCUT2D eigenvalue weighted by molar-refractivity contribution is -0.123. The van der Waals surface area contributed by atoms with E-state index in [1.807, 2.05) is 43.4 Å². The summed E-state index contributed by atoms with van der Waals surface area (Å²) in [5, 5.41) is 6.90. The molecule has 9 nitrogen and oxygen atoms in total. The van der Waals surface area contributed by atoms with Crippen molar-refractivity contribution in [1.29, 1.82) is 0 Å². The predicted molar refractivity (Wildman–Crippen MR) is 136 cm³/mol. The highest BCUT2D eigenvalue weighted by Crippen LogP contribution is 2.41. The monoisotopic (exact) mass is 489 g/mol. The average Bonchev–Trinajstić information content (AvgIpc) is 3.55. The third-order valence-electron chi connectivity index (χ3n) is 6.60. The number of rotatable bonds is 9. The molecule has 2 heterocycles. The van der Waals surface area contributed by atoms with Crippen molar-refractivity contribution in [1.82, 2.24) is 15.1 Å². The molecule has 1 saturated carbocycles. The Labute approximate surface area is 210 Å². The predicted octanol–water partition coefficient (Wildman–Crippen LogP) is 2.86. The lowest BCUT2D eigenvalue weighted by Crippen LogP contribution is -2.42. The van der Waals surface area contributed by atoms with Crippen molar-refractivity contribution in [3.8, 4) is 22.6 Å². The number of benzene rings is 2. The van der Waals surface area contributed by atoms with Gasteiger partial charge in [0.15, 0.2) is 0 Å². The van der Waals surface area contributed by atoms with Crippen LogP contribution in [0.3, 0.4) is 0 Å². The van der Waals surface area contributed by atoms with Gasteiger partial charge in [0.2, 0.25) is 11.8 Å². The fraction of sp³-hybridized carbons (Fsp3) is 0.370. The maximum atomic E-state index is 13.9. The first-order valence-corrected chi connectivity index (χ1v) is 12.2. The molecule has 188 valence electrons. The maximum absolute atomic E-state index is 13.9. The van der Waals surface area contributed by atoms with E-state index in [0.717, 1.165) is 41.8 Å². The van der Waals surface area contributed by atoms with Gasteiger partial charge in [-0.3, -0.25) is 14.7 Å². The van der Waals surface area contributed by atoms with E-state index < -0.39 is 5.91 Å². The first kappa shape index (κ1) is 23.9. The molecule has 1 unspecified atom stereocenters. The summed E-state index contributed by atoms with van der Waals surface area (Å²) in [5.74, 6) is 0.497. The van der Waals surface area contributed by atoms with Crippen molar-refractivity contribution in [2.24, 2.45) is 11.7 Å². The SMILES string of the molecule is CN(C)CCOc1cc(-c2cn[nH]c2)ccc1N(C(=O)C1COc2ccc(C(N)=O)cc2C1)C1CC1. The molecule has 36 heavy (non-hydrogen) atoms. The molecule has 9 heteroatoms. The number of anilines is 1. The first-order chi connectivity index (χ1) is 17.4. The summed E-state index contributed by atoms with van der Waals surface area (Å²) in [6.07, 6.45) is 5.98. The summed E-state index contributed by atoms with van der Waals surface area (Å²) >= 11 is 0. The number of primary amides is 1. The summed E-state index contributed by atoms with van der Waals surface area (Å²) in [5.41, 5.74) is 9.38. The summed E-state index contributed by atoms with van der Waals surface area (Å²) in [6.45, 7) is 1.54. The van der Waals surface area contributed by atoms with Crippen LogP contribution < -0.4 is 20.1 Å². The second-order valence-corrected chi connectivity index (χ2v) is 9.66. The second-order valence-electron chi connectivity index (χ2n) is 9.66. The number of carbonyl (C=O) groups is 2. The topological polar surface area (TPSA) is 114 Å². The van der Waals surface area contributed by atoms with Crippen molar-refractivity contribution < 1.29 is 19.1 Å². The van der Waals surface area contributed by atoms with Gasteiger partial charge in [-0.15, -0.1) is 0 Å². The Morgan fingerprint density at radius 2 is 2.00 bits per heavy atom. The number of fused-ring (bicyclic) bond motifs is 1. The van der Waals surface area contributed by atoms with Crippen LogP contribution in [0.2, 0.25) is 0 Å². The van der Waals surface area contributed by atoms with Crippen LogP contribution in [0.25, 0.3) is 11.1 Å². The Hall–Kier alpha value is -3.85. The van der Waals surface area contributed by atoms with Crippen LogP contribution in [-0.2, 0) is 11.2 Å². The molecule has 2 aromatic carbocycles. The third-order valence-corrected chi connectivity index (χ3v) is 6.60. The highest BCUT2D eigenvalue weighted by molar-refractivity contribution is 5.98. The van der Waals surface area contributed by atoms with Crippen molar-refractivity contribution in [2.75, 3.05) is 38.8 Å². The van der Waals surface area contributed by atoms with E-state index in [1.54, 1.807) is 24.4 Å². The van der Waals surface area contributed by atoms with E-state index >= 15 is 0 Å². The number of aromatic nitrogens is 2. The Bertz CT molecular complexity index is 1250. The molecule has 0 saturated heterocycles. The first-order valence-electron chi connectivity index (χ1n) is 12.2. The Kier molecular flexibility index (Phi) is 6.65. The van der Waals surface area contributed by atoms with Crippen LogP contribution in [0.15, 0.2) is 48.8 Å². The van der Waals surface area contributed by atoms with Gasteiger partial charge in [-0.1, -0.05) is 6.07 Å². The zero-order chi connectivity index (χ0) is 25.2. The van der Waals surface area contributed by atoms with Gasteiger partial charge in [-0.2, -0.15) is 5.10 Å². The summed E-state index contributed by atoms with van der Waals surface area (Å²) in [7, 11) is 3.99. The van der Waals surface area contributed by atoms with Crippen molar-refractivity contribution in [2.45, 2.75) is 25.3 Å². The average molecular weight is 490 g/mol. The molecular formula is C27H31N5O4. The minimum absolute atomic E-state index is 0.00106. The van der Waals surface area contributed by atoms with Gasteiger partial charge < -0.3 is 25.0 Å². The Balaban J connectivity index is 1.44. The number of amides is 2. The van der Waals surface area contributed by atoms with Gasteiger partial charge in [0.1, 0.15) is 24.7 Å². The molecule has 1 fully saturated rings. The number of nitrogens with one attached hydrogen (secondary N) is 1. The lowest BCUT2D eigenvalue weighted by Gasteiger charge is -2.32. The van der Waals surface area contributed by atoms with E-state index in [9.17, 15) is 9.59 Å². The summed E-state index contributed by atoms with van der Waals surface area (Å²) < 4.78 is 12.2. The second kappa shape index (κ2) is 10.0. The zero-order valence-corrected chi connectivity index (χ0v) is 20.6. The normalized spacial score (nSPS) is 16.8. The minimum atomic E-state index is -0.497. The van der Waals surface area contributed by atoms with E-state index in [4.69, 9.17) is 15.2 Å². The Morgan fingerprint density at radius 3 is 2.69 bits per heavy atom. The van der Waals surface area contributed by atoms with E-state index in [1.165, 1.54) is 0 Å². The molecule has 3 N–H and O–H groups in total. The van der Waals surface area contributed by atoms with Gasteiger partial charge in [0.05, 0.1) is 17.8 Å². The maximum Gasteiger partial charge on any atom is 0.248 e. The van der Waals surface area contributed by atoms with Crippen molar-refractivity contribution >= 4 is 17.5 Å². The minimum Gasteiger partial charge on any atom is -0.492 e. The highest BCUT2D eigenvalue weighted by atomic mass is 16.5. The van der Waals surface area contributed by atoms with E-state index in [2.05, 4.69) is 15.1 Å². The molecular weight excluding hydrogens is 458 g/mol. The van der Waals surface area contributed by atoms with Crippen molar-refractivity contribution in [3.05, 3.63) is 59.9 Å². The third kappa shape index (κ3) is 5.06. The fourth-order valence-electron chi connectivity index (χ4n) is 4.49. The molecule has 2 aliphatic rings. The molecule has 2 amide bonds. The number of ether oxygens (including phenoxy) is 2. The number of nitrogens with zero attached hydrogens (tertiary/aromatic N) is 3. The van der Waals surface area contributed by atoms with Crippen LogP contribution in [0.1, 0.15) is 28.8 Å². The van der Waals surface area contributed by atoms with Crippen LogP contribution in [0.4, 0.5) is 5.69 Å². The molecule has 1 aliphatic heterocycles. The van der Waals surface area contributed by atoms with Crippen molar-refractivity contribution in [3.63, 3.8) is 0 Å². The largest absolute Gasteiger partial charge is 0.492 e. The molecule has 5 rings (SSSR count). The smallest absolute Gasteiger partial charge is 0.248 e. The molecule has 1 aliphatic carbocycles. The van der Waals surface area contributed by atoms with E-state index in [0.29, 0.717) is 30.1 Å². The summed E-state index contributed by atoms with van der Waals surface area (Å²) in [4.78, 5) is 29.5. The number of aromatic amines is 1. The molecule has 1 aromatic heterocycles. The van der Waals surface area contributed by atoms with Crippen LogP contribution in [-0.4, -0.2) is 66.8 Å². The zero-order valence-electron chi connectivity index (χ0n) is 20.6. The number of likely N-dealkylation sites (N-methyl/N-ethyl adjacent to an activating group) is 1. The highest BCUT2D eigenvalue weighted by Gasteiger charge is 2.40. The molecule has 3 aromatic rings. The number of hydrogen-bond donors (Lipinski definition) is 2. The number of carbonyl (C=O) groups excluding carboxylic acids is 2. The summed E-state index contributed by atoms with van der Waals surface area (Å²) in [6, 6.07) is 11.2. The van der Waals surface area contributed by atoms with Crippen LogP contribution in [0.5, 0.6) is 11.5 Å². The quantitative estimate of drug-likeness (QED) is 0.478. The van der Waals surface area contributed by atoms with Gasteiger partial charge in [0.25, 0.3) is 0 Å². The standard InChI is InChI=1S/C27H31N5O4/c1-31(2)9-10-35-25-13-17(21-14-29-30-15-21)3-7-23(25)32(22-5-6-22)27(34)20-12-19-11-18(26(28)33)4-8-24(19)36-16-20/h3-4,7-8,11,13-15,20,22H,5-6,9-10,12,16H2,1-2H3,(H2,28,33)(H,29,30). The van der Waals surface area contributed by atoms with Gasteiger partial charge >= 0.3 is 0 Å². The van der Waals surface area contributed by atoms with Gasteiger partial charge in [-0.05, 0) is 74.8 Å². The van der Waals surface area contributed by atoms with Crippen LogP contribution >= 0.6 is 0 Å². The number of hydrogen-bond acceptors (Lipinski definition) is 6. The van der Waals surface area contributed by atoms with Gasteiger partial charge in [-0.25, -0.2) is 0 Å². The molecule has 0 radical (unpaired) electrons. The number of H-pyrrole nitrogens is 1. The van der Waals surface area contributed by atoms with E-state index in [-0.39, 0.29) is 24.5 Å².